The minimum Gasteiger partial charge on any atom is -0.367 e. The molecule has 0 aromatic carbocycles. The summed E-state index contributed by atoms with van der Waals surface area (Å²) in [4.78, 5) is 0. The molecule has 0 bridgehead atoms. The van der Waals surface area contributed by atoms with Crippen LogP contribution in [-0.2, 0) is 0 Å². The van der Waals surface area contributed by atoms with Gasteiger partial charge in [0.2, 0.25) is 0 Å². The third kappa shape index (κ3) is 3.22. The molecule has 0 heterocycles. The number of rotatable bonds is 2. The molecule has 44 valence electrons. The Hall–Kier alpha value is 0.610. The fraction of sp³-hybridized carbons (Fsp3) is 1.00. The van der Waals surface area contributed by atoms with E-state index in [-0.39, 0.29) is 6.04 Å². The Morgan fingerprint density at radius 3 is 2.00 bits per heavy atom. The molecule has 0 unspecified atom stereocenters. The lowest BCUT2D eigenvalue weighted by molar-refractivity contribution is -0.0559. The second-order valence-electron chi connectivity index (χ2n) is 1.31. The number of nitrogens with one attached hydrogen (secondary N) is 1. The number of hydrogen-bond donors (Lipinski definition) is 3. The monoisotopic (exact) mass is 217 g/mol. The summed E-state index contributed by atoms with van der Waals surface area (Å²) in [6.07, 6.45) is -1.25. The van der Waals surface area contributed by atoms with E-state index in [1.54, 1.807) is 6.92 Å². The standard InChI is InChI=1S/C3H8INO2/c1-2(5-4)3(6)7/h2-3,5-7H,1H3/t2-/m1/s1. The van der Waals surface area contributed by atoms with Gasteiger partial charge in [0.15, 0.2) is 6.29 Å². The van der Waals surface area contributed by atoms with Crippen LogP contribution in [0.1, 0.15) is 6.92 Å². The Morgan fingerprint density at radius 2 is 2.00 bits per heavy atom. The molecule has 3 N–H and O–H groups in total. The first-order chi connectivity index (χ1) is 3.18. The highest BCUT2D eigenvalue weighted by atomic mass is 127. The van der Waals surface area contributed by atoms with Crippen LogP contribution in [0.5, 0.6) is 0 Å². The average Bonchev–Trinajstić information content (AvgIpc) is 1.65. The third-order valence-corrected chi connectivity index (χ3v) is 1.60. The van der Waals surface area contributed by atoms with Gasteiger partial charge in [0.1, 0.15) is 0 Å². The Kier molecular flexibility index (Phi) is 3.91. The molecule has 1 atom stereocenters. The topological polar surface area (TPSA) is 52.5 Å². The molecule has 0 spiro atoms. The van der Waals surface area contributed by atoms with E-state index >= 15 is 0 Å². The molecular weight excluding hydrogens is 209 g/mol. The van der Waals surface area contributed by atoms with E-state index in [2.05, 4.69) is 3.53 Å². The van der Waals surface area contributed by atoms with Gasteiger partial charge in [-0.2, -0.15) is 0 Å². The number of aliphatic hydroxyl groups excluding tert-OH is 1. The first-order valence-electron chi connectivity index (χ1n) is 1.90. The van der Waals surface area contributed by atoms with E-state index in [1.807, 2.05) is 22.9 Å². The summed E-state index contributed by atoms with van der Waals surface area (Å²) in [5.41, 5.74) is 0. The van der Waals surface area contributed by atoms with Crippen molar-refractivity contribution in [3.63, 3.8) is 0 Å². The second kappa shape index (κ2) is 3.59. The minimum atomic E-state index is -1.25. The van der Waals surface area contributed by atoms with Crippen molar-refractivity contribution in [3.05, 3.63) is 0 Å². The Morgan fingerprint density at radius 1 is 1.57 bits per heavy atom. The van der Waals surface area contributed by atoms with Crippen LogP contribution in [0.15, 0.2) is 0 Å². The van der Waals surface area contributed by atoms with E-state index in [0.717, 1.165) is 0 Å². The number of halogens is 1. The highest BCUT2D eigenvalue weighted by Crippen LogP contribution is 1.88. The molecule has 0 aliphatic heterocycles. The van der Waals surface area contributed by atoms with E-state index in [1.165, 1.54) is 0 Å². The summed E-state index contributed by atoms with van der Waals surface area (Å²) in [5.74, 6) is 0. The van der Waals surface area contributed by atoms with Gasteiger partial charge in [0, 0.05) is 22.9 Å². The van der Waals surface area contributed by atoms with Crippen LogP contribution < -0.4 is 3.53 Å². The summed E-state index contributed by atoms with van der Waals surface area (Å²) in [6, 6.07) is -0.249. The molecule has 0 fully saturated rings. The predicted octanol–water partition coefficient (Wildman–Crippen LogP) is -0.375. The molecule has 4 heteroatoms. The van der Waals surface area contributed by atoms with E-state index in [4.69, 9.17) is 10.2 Å². The quantitative estimate of drug-likeness (QED) is 0.336. The summed E-state index contributed by atoms with van der Waals surface area (Å²) < 4.78 is 2.63. The van der Waals surface area contributed by atoms with E-state index in [0.29, 0.717) is 0 Å². The molecule has 0 aromatic heterocycles. The molecule has 3 nitrogen and oxygen atoms in total. The van der Waals surface area contributed by atoms with Crippen molar-refractivity contribution < 1.29 is 10.2 Å². The van der Waals surface area contributed by atoms with Crippen LogP contribution in [0.4, 0.5) is 0 Å². The molecule has 0 radical (unpaired) electrons. The molecule has 0 aliphatic carbocycles. The smallest absolute Gasteiger partial charge is 0.167 e. The van der Waals surface area contributed by atoms with E-state index < -0.39 is 6.29 Å². The summed E-state index contributed by atoms with van der Waals surface area (Å²) in [5, 5.41) is 16.6. The Labute approximate surface area is 56.2 Å². The number of aliphatic hydroxyl groups is 2. The minimum absolute atomic E-state index is 0.249. The molecule has 0 amide bonds. The largest absolute Gasteiger partial charge is 0.367 e. The average molecular weight is 217 g/mol. The van der Waals surface area contributed by atoms with Crippen molar-refractivity contribution in [2.24, 2.45) is 0 Å². The molecule has 0 aromatic rings. The maximum absolute atomic E-state index is 8.31. The van der Waals surface area contributed by atoms with Crippen molar-refractivity contribution in [1.29, 1.82) is 0 Å². The zero-order chi connectivity index (χ0) is 5.86. The lowest BCUT2D eigenvalue weighted by Gasteiger charge is -2.08. The molecule has 0 saturated heterocycles. The summed E-state index contributed by atoms with van der Waals surface area (Å²) >= 11 is 1.86. The highest BCUT2D eigenvalue weighted by Gasteiger charge is 2.05. The SMILES string of the molecule is C[C@@H](NI)C(O)O. The van der Waals surface area contributed by atoms with Crippen LogP contribution in [0, 0.1) is 0 Å². The zero-order valence-corrected chi connectivity index (χ0v) is 6.08. The van der Waals surface area contributed by atoms with Crippen LogP contribution in [0.3, 0.4) is 0 Å². The van der Waals surface area contributed by atoms with Gasteiger partial charge in [-0.3, -0.25) is 3.53 Å². The lowest BCUT2D eigenvalue weighted by Crippen LogP contribution is -2.30. The van der Waals surface area contributed by atoms with Gasteiger partial charge in [-0.25, -0.2) is 0 Å². The van der Waals surface area contributed by atoms with Crippen LogP contribution in [0.2, 0.25) is 0 Å². The van der Waals surface area contributed by atoms with Crippen molar-refractivity contribution >= 4 is 22.9 Å². The van der Waals surface area contributed by atoms with Crippen LogP contribution >= 0.6 is 22.9 Å². The van der Waals surface area contributed by atoms with Crippen molar-refractivity contribution in [2.45, 2.75) is 19.3 Å². The van der Waals surface area contributed by atoms with Gasteiger partial charge in [-0.05, 0) is 6.92 Å². The lowest BCUT2D eigenvalue weighted by atomic mass is 10.4. The zero-order valence-electron chi connectivity index (χ0n) is 3.93. The normalized spacial score (nSPS) is 15.0. The van der Waals surface area contributed by atoms with Gasteiger partial charge in [-0.15, -0.1) is 0 Å². The van der Waals surface area contributed by atoms with Gasteiger partial charge in [-0.1, -0.05) is 0 Å². The van der Waals surface area contributed by atoms with E-state index in [9.17, 15) is 0 Å². The van der Waals surface area contributed by atoms with Crippen LogP contribution in [-0.4, -0.2) is 22.5 Å². The highest BCUT2D eigenvalue weighted by molar-refractivity contribution is 14.1. The molecule has 7 heavy (non-hydrogen) atoms. The third-order valence-electron chi connectivity index (χ3n) is 0.619. The second-order valence-corrected chi connectivity index (χ2v) is 1.93. The Balaban J connectivity index is 3.14. The first kappa shape index (κ1) is 7.61. The van der Waals surface area contributed by atoms with Crippen molar-refractivity contribution in [2.75, 3.05) is 0 Å². The summed E-state index contributed by atoms with van der Waals surface area (Å²) in [7, 11) is 0. The fourth-order valence-electron chi connectivity index (χ4n) is 0.0563. The maximum Gasteiger partial charge on any atom is 0.167 e. The van der Waals surface area contributed by atoms with Crippen molar-refractivity contribution in [1.82, 2.24) is 3.53 Å². The van der Waals surface area contributed by atoms with Crippen molar-refractivity contribution in [3.8, 4) is 0 Å². The molecule has 0 rings (SSSR count). The summed E-state index contributed by atoms with van der Waals surface area (Å²) in [6.45, 7) is 1.68. The van der Waals surface area contributed by atoms with Gasteiger partial charge in [0.05, 0.1) is 6.04 Å². The first-order valence-corrected chi connectivity index (χ1v) is 2.98. The van der Waals surface area contributed by atoms with Gasteiger partial charge < -0.3 is 10.2 Å². The van der Waals surface area contributed by atoms with Gasteiger partial charge >= 0.3 is 0 Å². The predicted molar refractivity (Wildman–Crippen MR) is 34.8 cm³/mol. The molecular formula is C3H8INO2. The molecule has 0 aliphatic rings. The Bertz CT molecular complexity index is 50.2. The van der Waals surface area contributed by atoms with Crippen LogP contribution in [0.25, 0.3) is 0 Å². The number of hydrogen-bond acceptors (Lipinski definition) is 3. The van der Waals surface area contributed by atoms with Gasteiger partial charge in [0.25, 0.3) is 0 Å². The molecule has 0 saturated carbocycles. The maximum atomic E-state index is 8.31. The fourth-order valence-corrected chi connectivity index (χ4v) is 0.378.